The Labute approximate surface area is 106 Å². The lowest BCUT2D eigenvalue weighted by atomic mass is 10.1. The molecular weight excluding hydrogens is 234 g/mol. The minimum absolute atomic E-state index is 0.130. The summed E-state index contributed by atoms with van der Waals surface area (Å²) < 4.78 is 4.56. The number of aromatic nitrogens is 1. The highest BCUT2D eigenvalue weighted by atomic mass is 16.5. The quantitative estimate of drug-likeness (QED) is 0.752. The van der Waals surface area contributed by atoms with Gasteiger partial charge in [-0.25, -0.2) is 4.98 Å². The third-order valence-electron chi connectivity index (χ3n) is 2.52. The van der Waals surface area contributed by atoms with Crippen molar-refractivity contribution in [2.75, 3.05) is 12.8 Å². The lowest BCUT2D eigenvalue weighted by Crippen LogP contribution is -2.37. The molecule has 1 rings (SSSR count). The average molecular weight is 251 g/mol. The van der Waals surface area contributed by atoms with Crippen molar-refractivity contribution in [2.45, 2.75) is 25.8 Å². The van der Waals surface area contributed by atoms with E-state index >= 15 is 0 Å². The summed E-state index contributed by atoms with van der Waals surface area (Å²) in [5.41, 5.74) is 6.13. The van der Waals surface area contributed by atoms with Crippen molar-refractivity contribution in [3.63, 3.8) is 0 Å². The number of nitrogens with zero attached hydrogens (tertiary/aromatic N) is 1. The number of pyridine rings is 1. The van der Waals surface area contributed by atoms with Crippen LogP contribution in [0.15, 0.2) is 18.3 Å². The Kier molecular flexibility index (Phi) is 5.10. The van der Waals surface area contributed by atoms with E-state index in [0.29, 0.717) is 12.1 Å². The zero-order valence-electron chi connectivity index (χ0n) is 10.5. The van der Waals surface area contributed by atoms with Crippen molar-refractivity contribution in [3.8, 4) is 0 Å². The highest BCUT2D eigenvalue weighted by molar-refractivity contribution is 5.97. The van der Waals surface area contributed by atoms with Crippen molar-refractivity contribution in [2.24, 2.45) is 0 Å². The maximum Gasteiger partial charge on any atom is 0.307 e. The molecule has 3 N–H and O–H groups in total. The van der Waals surface area contributed by atoms with Crippen LogP contribution >= 0.6 is 0 Å². The summed E-state index contributed by atoms with van der Waals surface area (Å²) in [6.45, 7) is 1.87. The van der Waals surface area contributed by atoms with Crippen LogP contribution in [0.4, 0.5) is 5.69 Å². The molecule has 1 heterocycles. The molecule has 1 amide bonds. The predicted octanol–water partition coefficient (Wildman–Crippen LogP) is 0.735. The van der Waals surface area contributed by atoms with Gasteiger partial charge < -0.3 is 15.8 Å². The van der Waals surface area contributed by atoms with Gasteiger partial charge in [0.05, 0.1) is 19.2 Å². The first-order valence-electron chi connectivity index (χ1n) is 5.66. The van der Waals surface area contributed by atoms with Gasteiger partial charge in [-0.3, -0.25) is 9.59 Å². The summed E-state index contributed by atoms with van der Waals surface area (Å²) in [5, 5.41) is 2.71. The molecule has 1 atom stereocenters. The number of hydrogen-bond acceptors (Lipinski definition) is 5. The van der Waals surface area contributed by atoms with Crippen LogP contribution in [0.25, 0.3) is 0 Å². The number of nitrogen functional groups attached to an aromatic ring is 1. The van der Waals surface area contributed by atoms with E-state index in [2.05, 4.69) is 15.0 Å². The summed E-state index contributed by atoms with van der Waals surface area (Å²) in [6.07, 6.45) is 2.24. The molecule has 6 heteroatoms. The number of nitrogens with two attached hydrogens (primary N) is 1. The van der Waals surface area contributed by atoms with E-state index in [1.165, 1.54) is 13.3 Å². The van der Waals surface area contributed by atoms with Gasteiger partial charge >= 0.3 is 5.97 Å². The van der Waals surface area contributed by atoms with Gasteiger partial charge in [-0.2, -0.15) is 0 Å². The molecule has 1 aromatic heterocycles. The van der Waals surface area contributed by atoms with Crippen molar-refractivity contribution >= 4 is 17.6 Å². The molecule has 0 aliphatic heterocycles. The fourth-order valence-corrected chi connectivity index (χ4v) is 1.44. The third kappa shape index (κ3) is 3.73. The maximum absolute atomic E-state index is 11.9. The van der Waals surface area contributed by atoms with Crippen LogP contribution in [-0.2, 0) is 9.53 Å². The van der Waals surface area contributed by atoms with E-state index in [1.54, 1.807) is 12.1 Å². The molecule has 0 radical (unpaired) electrons. The Balaban J connectivity index is 2.68. The number of carbonyl (C=O) groups is 2. The first-order valence-corrected chi connectivity index (χ1v) is 5.66. The van der Waals surface area contributed by atoms with E-state index in [9.17, 15) is 9.59 Å². The number of esters is 1. The Morgan fingerprint density at radius 1 is 1.56 bits per heavy atom. The Hall–Kier alpha value is -2.11. The van der Waals surface area contributed by atoms with Crippen molar-refractivity contribution in [1.82, 2.24) is 10.3 Å². The standard InChI is InChI=1S/C12H17N3O3/c1-3-8(7-10(16)18-2)15-12(17)11-9(13)5-4-6-14-11/h4-6,8H,3,7,13H2,1-2H3,(H,15,17)/t8-/m1/s1. The summed E-state index contributed by atoms with van der Waals surface area (Å²) in [7, 11) is 1.31. The highest BCUT2D eigenvalue weighted by Gasteiger charge is 2.18. The topological polar surface area (TPSA) is 94.3 Å². The van der Waals surface area contributed by atoms with E-state index in [-0.39, 0.29) is 30.0 Å². The second kappa shape index (κ2) is 6.58. The summed E-state index contributed by atoms with van der Waals surface area (Å²) in [6, 6.07) is 2.97. The van der Waals surface area contributed by atoms with Gasteiger partial charge in [-0.15, -0.1) is 0 Å². The molecule has 6 nitrogen and oxygen atoms in total. The smallest absolute Gasteiger partial charge is 0.307 e. The number of methoxy groups -OCH3 is 1. The molecule has 0 aliphatic rings. The van der Waals surface area contributed by atoms with E-state index in [1.807, 2.05) is 6.92 Å². The maximum atomic E-state index is 11.9. The van der Waals surface area contributed by atoms with Crippen LogP contribution in [0.5, 0.6) is 0 Å². The average Bonchev–Trinajstić information content (AvgIpc) is 2.38. The van der Waals surface area contributed by atoms with Gasteiger partial charge in [0.25, 0.3) is 5.91 Å². The highest BCUT2D eigenvalue weighted by Crippen LogP contribution is 2.08. The number of carbonyl (C=O) groups excluding carboxylic acids is 2. The summed E-state index contributed by atoms with van der Waals surface area (Å²) >= 11 is 0. The van der Waals surface area contributed by atoms with Gasteiger partial charge in [0.1, 0.15) is 0 Å². The first kappa shape index (κ1) is 14.0. The third-order valence-corrected chi connectivity index (χ3v) is 2.52. The molecule has 0 fully saturated rings. The number of amides is 1. The molecule has 0 aromatic carbocycles. The van der Waals surface area contributed by atoms with Crippen molar-refractivity contribution in [3.05, 3.63) is 24.0 Å². The van der Waals surface area contributed by atoms with Crippen LogP contribution in [0.2, 0.25) is 0 Å². The van der Waals surface area contributed by atoms with E-state index in [4.69, 9.17) is 5.73 Å². The van der Waals surface area contributed by atoms with Gasteiger partial charge in [-0.1, -0.05) is 6.92 Å². The van der Waals surface area contributed by atoms with Crippen LogP contribution in [0, 0.1) is 0 Å². The molecule has 0 bridgehead atoms. The van der Waals surface area contributed by atoms with Crippen LogP contribution in [0.3, 0.4) is 0 Å². The Bertz CT molecular complexity index is 434. The zero-order valence-corrected chi connectivity index (χ0v) is 10.5. The Morgan fingerprint density at radius 3 is 2.83 bits per heavy atom. The van der Waals surface area contributed by atoms with Crippen molar-refractivity contribution < 1.29 is 14.3 Å². The minimum Gasteiger partial charge on any atom is -0.469 e. The molecule has 0 unspecified atom stereocenters. The van der Waals surface area contributed by atoms with Crippen LogP contribution in [0.1, 0.15) is 30.3 Å². The summed E-state index contributed by atoms with van der Waals surface area (Å²) in [5.74, 6) is -0.750. The molecule has 18 heavy (non-hydrogen) atoms. The number of rotatable bonds is 5. The predicted molar refractivity (Wildman–Crippen MR) is 66.8 cm³/mol. The monoisotopic (exact) mass is 251 g/mol. The number of nitrogens with one attached hydrogen (secondary N) is 1. The van der Waals surface area contributed by atoms with Gasteiger partial charge in [-0.05, 0) is 18.6 Å². The molecule has 0 saturated carbocycles. The van der Waals surface area contributed by atoms with Gasteiger partial charge in [0.15, 0.2) is 5.69 Å². The lowest BCUT2D eigenvalue weighted by Gasteiger charge is -2.15. The summed E-state index contributed by atoms with van der Waals surface area (Å²) in [4.78, 5) is 27.0. The molecule has 98 valence electrons. The van der Waals surface area contributed by atoms with Gasteiger partial charge in [0.2, 0.25) is 0 Å². The molecule has 0 saturated heterocycles. The minimum atomic E-state index is -0.385. The Morgan fingerprint density at radius 2 is 2.28 bits per heavy atom. The number of hydrogen-bond donors (Lipinski definition) is 2. The molecule has 1 aromatic rings. The molecule has 0 spiro atoms. The second-order valence-electron chi connectivity index (χ2n) is 3.80. The second-order valence-corrected chi connectivity index (χ2v) is 3.80. The van der Waals surface area contributed by atoms with E-state index in [0.717, 1.165) is 0 Å². The zero-order chi connectivity index (χ0) is 13.5. The molecule has 0 aliphatic carbocycles. The first-order chi connectivity index (χ1) is 8.58. The number of anilines is 1. The normalized spacial score (nSPS) is 11.7. The number of ether oxygens (including phenoxy) is 1. The van der Waals surface area contributed by atoms with Gasteiger partial charge in [0, 0.05) is 12.2 Å². The molecular formula is C12H17N3O3. The SMILES string of the molecule is CC[C@H](CC(=O)OC)NC(=O)c1ncccc1N. The fraction of sp³-hybridized carbons (Fsp3) is 0.417. The van der Waals surface area contributed by atoms with Crippen LogP contribution < -0.4 is 11.1 Å². The fourth-order valence-electron chi connectivity index (χ4n) is 1.44. The van der Waals surface area contributed by atoms with Crippen molar-refractivity contribution in [1.29, 1.82) is 0 Å². The largest absolute Gasteiger partial charge is 0.469 e. The lowest BCUT2D eigenvalue weighted by molar-refractivity contribution is -0.141. The van der Waals surface area contributed by atoms with E-state index < -0.39 is 0 Å². The van der Waals surface area contributed by atoms with Crippen LogP contribution in [-0.4, -0.2) is 30.0 Å².